The van der Waals surface area contributed by atoms with E-state index in [4.69, 9.17) is 15.2 Å². The molecule has 4 nitrogen and oxygen atoms in total. The molecule has 0 aliphatic carbocycles. The van der Waals surface area contributed by atoms with Crippen molar-refractivity contribution in [3.8, 4) is 0 Å². The van der Waals surface area contributed by atoms with Crippen molar-refractivity contribution in [2.75, 3.05) is 53.6 Å². The molecule has 0 heterocycles. The Hall–Kier alpha value is -0.160. The number of hydrogen-bond donors (Lipinski definition) is 1. The molecule has 0 atom stereocenters. The number of hydrogen-bond acceptors (Lipinski definition) is 4. The van der Waals surface area contributed by atoms with E-state index in [0.29, 0.717) is 0 Å². The highest BCUT2D eigenvalue weighted by atomic mass is 16.5. The third-order valence-corrected chi connectivity index (χ3v) is 2.88. The van der Waals surface area contributed by atoms with Gasteiger partial charge < -0.3 is 15.2 Å². The quantitative estimate of drug-likeness (QED) is 0.609. The lowest BCUT2D eigenvalue weighted by molar-refractivity contribution is 0.106. The Labute approximate surface area is 100 Å². The summed E-state index contributed by atoms with van der Waals surface area (Å²) in [4.78, 5) is 2.37. The summed E-state index contributed by atoms with van der Waals surface area (Å²) in [5, 5.41) is 0. The number of ether oxygens (including phenoxy) is 2. The summed E-state index contributed by atoms with van der Waals surface area (Å²) in [7, 11) is 3.47. The molecule has 0 aliphatic heterocycles. The van der Waals surface area contributed by atoms with Crippen LogP contribution < -0.4 is 5.73 Å². The summed E-state index contributed by atoms with van der Waals surface area (Å²) in [5.41, 5.74) is 5.95. The van der Waals surface area contributed by atoms with Crippen molar-refractivity contribution in [2.24, 2.45) is 11.1 Å². The molecule has 0 aliphatic rings. The minimum Gasteiger partial charge on any atom is -0.383 e. The van der Waals surface area contributed by atoms with Gasteiger partial charge in [0.1, 0.15) is 0 Å². The minimum absolute atomic E-state index is 0.221. The lowest BCUT2D eigenvalue weighted by Crippen LogP contribution is -2.35. The minimum atomic E-state index is 0.221. The second-order valence-corrected chi connectivity index (χ2v) is 4.95. The first-order chi connectivity index (χ1) is 7.55. The van der Waals surface area contributed by atoms with E-state index in [1.807, 2.05) is 0 Å². The highest BCUT2D eigenvalue weighted by molar-refractivity contribution is 4.71. The maximum absolute atomic E-state index is 5.72. The van der Waals surface area contributed by atoms with Crippen molar-refractivity contribution in [3.05, 3.63) is 0 Å². The summed E-state index contributed by atoms with van der Waals surface area (Å²) in [6.45, 7) is 9.66. The zero-order chi connectivity index (χ0) is 12.4. The zero-order valence-corrected chi connectivity index (χ0v) is 11.3. The highest BCUT2D eigenvalue weighted by Gasteiger charge is 2.17. The van der Waals surface area contributed by atoms with Crippen LogP contribution in [0.2, 0.25) is 0 Å². The van der Waals surface area contributed by atoms with Crippen LogP contribution in [0, 0.1) is 5.41 Å². The maximum Gasteiger partial charge on any atom is 0.0589 e. The first-order valence-corrected chi connectivity index (χ1v) is 5.96. The Balaban J connectivity index is 3.89. The van der Waals surface area contributed by atoms with Crippen molar-refractivity contribution in [1.82, 2.24) is 4.90 Å². The van der Waals surface area contributed by atoms with E-state index in [1.165, 1.54) is 0 Å². The van der Waals surface area contributed by atoms with Gasteiger partial charge in [-0.05, 0) is 24.9 Å². The second-order valence-electron chi connectivity index (χ2n) is 4.95. The molecule has 98 valence electrons. The van der Waals surface area contributed by atoms with Crippen LogP contribution in [0.25, 0.3) is 0 Å². The lowest BCUT2D eigenvalue weighted by Gasteiger charge is -2.28. The van der Waals surface area contributed by atoms with Gasteiger partial charge in [-0.3, -0.25) is 4.90 Å². The molecule has 0 spiro atoms. The van der Waals surface area contributed by atoms with Gasteiger partial charge in [0, 0.05) is 27.3 Å². The summed E-state index contributed by atoms with van der Waals surface area (Å²) in [6.07, 6.45) is 1.11. The zero-order valence-electron chi connectivity index (χ0n) is 11.3. The van der Waals surface area contributed by atoms with E-state index in [0.717, 1.165) is 45.8 Å². The summed E-state index contributed by atoms with van der Waals surface area (Å²) in [6, 6.07) is 0. The van der Waals surface area contributed by atoms with Crippen molar-refractivity contribution in [2.45, 2.75) is 20.3 Å². The van der Waals surface area contributed by atoms with Crippen molar-refractivity contribution >= 4 is 0 Å². The molecule has 0 amide bonds. The van der Waals surface area contributed by atoms with Crippen LogP contribution >= 0.6 is 0 Å². The van der Waals surface area contributed by atoms with Crippen molar-refractivity contribution in [1.29, 1.82) is 0 Å². The summed E-state index contributed by atoms with van der Waals surface area (Å²) < 4.78 is 10.2. The predicted octanol–water partition coefficient (Wildman–Crippen LogP) is 0.956. The van der Waals surface area contributed by atoms with Gasteiger partial charge in [-0.15, -0.1) is 0 Å². The molecule has 0 bridgehead atoms. The molecule has 0 aromatic heterocycles. The normalized spacial score (nSPS) is 12.4. The molecule has 0 fully saturated rings. The fourth-order valence-corrected chi connectivity index (χ4v) is 1.34. The summed E-state index contributed by atoms with van der Waals surface area (Å²) in [5.74, 6) is 0. The number of nitrogens with two attached hydrogens (primary N) is 1. The Bertz CT molecular complexity index is 155. The molecule has 0 aromatic carbocycles. The van der Waals surface area contributed by atoms with Crippen LogP contribution in [0.5, 0.6) is 0 Å². The third-order valence-electron chi connectivity index (χ3n) is 2.88. The highest BCUT2D eigenvalue weighted by Crippen LogP contribution is 2.18. The van der Waals surface area contributed by atoms with Gasteiger partial charge in [-0.2, -0.15) is 0 Å². The molecule has 2 N–H and O–H groups in total. The van der Waals surface area contributed by atoms with Gasteiger partial charge in [0.05, 0.1) is 13.2 Å². The number of methoxy groups -OCH3 is 2. The monoisotopic (exact) mass is 232 g/mol. The van der Waals surface area contributed by atoms with Crippen LogP contribution in [-0.4, -0.2) is 58.5 Å². The third kappa shape index (κ3) is 8.05. The second kappa shape index (κ2) is 8.93. The molecule has 0 rings (SSSR count). The molecular formula is C12H28N2O2. The first-order valence-electron chi connectivity index (χ1n) is 5.96. The Kier molecular flexibility index (Phi) is 8.84. The van der Waals surface area contributed by atoms with E-state index in [1.54, 1.807) is 14.2 Å². The largest absolute Gasteiger partial charge is 0.383 e. The van der Waals surface area contributed by atoms with Crippen LogP contribution in [-0.2, 0) is 9.47 Å². The smallest absolute Gasteiger partial charge is 0.0589 e. The number of nitrogens with zero attached hydrogens (tertiary/aromatic N) is 1. The standard InChI is InChI=1S/C12H28N2O2/c1-12(2,11-13)5-6-14(7-9-15-3)8-10-16-4/h5-11,13H2,1-4H3. The molecule has 0 aromatic rings. The van der Waals surface area contributed by atoms with Gasteiger partial charge in [-0.25, -0.2) is 0 Å². The van der Waals surface area contributed by atoms with Crippen LogP contribution in [0.15, 0.2) is 0 Å². The van der Waals surface area contributed by atoms with Gasteiger partial charge in [0.15, 0.2) is 0 Å². The van der Waals surface area contributed by atoms with E-state index in [9.17, 15) is 0 Å². The number of rotatable bonds is 10. The molecular weight excluding hydrogens is 204 g/mol. The van der Waals surface area contributed by atoms with E-state index < -0.39 is 0 Å². The summed E-state index contributed by atoms with van der Waals surface area (Å²) >= 11 is 0. The SMILES string of the molecule is COCCN(CCOC)CCC(C)(C)CN. The molecule has 0 saturated heterocycles. The molecule has 0 saturated carbocycles. The van der Waals surface area contributed by atoms with E-state index in [-0.39, 0.29) is 5.41 Å². The van der Waals surface area contributed by atoms with Gasteiger partial charge in [-0.1, -0.05) is 13.8 Å². The van der Waals surface area contributed by atoms with Crippen molar-refractivity contribution in [3.63, 3.8) is 0 Å². The molecule has 0 unspecified atom stereocenters. The van der Waals surface area contributed by atoms with Gasteiger partial charge in [0.2, 0.25) is 0 Å². The maximum atomic E-state index is 5.72. The Morgan fingerprint density at radius 3 is 1.88 bits per heavy atom. The Morgan fingerprint density at radius 1 is 1.00 bits per heavy atom. The topological polar surface area (TPSA) is 47.7 Å². The van der Waals surface area contributed by atoms with Crippen LogP contribution in [0.3, 0.4) is 0 Å². The lowest BCUT2D eigenvalue weighted by atomic mass is 9.89. The average molecular weight is 232 g/mol. The first kappa shape index (κ1) is 15.8. The van der Waals surface area contributed by atoms with Crippen LogP contribution in [0.1, 0.15) is 20.3 Å². The fourth-order valence-electron chi connectivity index (χ4n) is 1.34. The van der Waals surface area contributed by atoms with Gasteiger partial charge >= 0.3 is 0 Å². The predicted molar refractivity (Wildman–Crippen MR) is 67.6 cm³/mol. The van der Waals surface area contributed by atoms with E-state index >= 15 is 0 Å². The Morgan fingerprint density at radius 2 is 1.50 bits per heavy atom. The van der Waals surface area contributed by atoms with Gasteiger partial charge in [0.25, 0.3) is 0 Å². The van der Waals surface area contributed by atoms with E-state index in [2.05, 4.69) is 18.7 Å². The average Bonchev–Trinajstić information content (AvgIpc) is 2.28. The molecule has 16 heavy (non-hydrogen) atoms. The van der Waals surface area contributed by atoms with Crippen molar-refractivity contribution < 1.29 is 9.47 Å². The molecule has 4 heteroatoms. The molecule has 0 radical (unpaired) electrons. The van der Waals surface area contributed by atoms with Crippen LogP contribution in [0.4, 0.5) is 0 Å². The fraction of sp³-hybridized carbons (Fsp3) is 1.00.